The first-order valence-corrected chi connectivity index (χ1v) is 21.6. The van der Waals surface area contributed by atoms with Gasteiger partial charge in [-0.25, -0.2) is 0 Å². The van der Waals surface area contributed by atoms with Crippen LogP contribution in [0.2, 0.25) is 0 Å². The van der Waals surface area contributed by atoms with Crippen molar-refractivity contribution >= 4 is 20.1 Å². The predicted molar refractivity (Wildman–Crippen MR) is 205 cm³/mol. The lowest BCUT2D eigenvalue weighted by molar-refractivity contribution is -0.870. The molecule has 0 aromatic heterocycles. The molecule has 0 aliphatic heterocycles. The molecule has 0 saturated heterocycles. The molecule has 10 heteroatoms. The second-order valence-corrected chi connectivity index (χ2v) is 16.1. The third-order valence-corrected chi connectivity index (χ3v) is 9.45. The summed E-state index contributed by atoms with van der Waals surface area (Å²) in [6, 6.07) is 0. The Bertz CT molecular complexity index is 859. The Kier molecular flexibility index (Phi) is 32.6. The summed E-state index contributed by atoms with van der Waals surface area (Å²) >= 11 is 0. The second-order valence-electron chi connectivity index (χ2n) is 14.7. The van der Waals surface area contributed by atoms with Crippen molar-refractivity contribution in [2.24, 2.45) is 0 Å². The molecule has 0 radical (unpaired) electrons. The third-order valence-electron chi connectivity index (χ3n) is 8.47. The fraction of sp³-hybridized carbons (Fsp3) is 0.850. The van der Waals surface area contributed by atoms with E-state index in [1.54, 1.807) is 0 Å². The van der Waals surface area contributed by atoms with Crippen LogP contribution in [-0.4, -0.2) is 74.9 Å². The van der Waals surface area contributed by atoms with Crippen molar-refractivity contribution in [3.05, 3.63) is 24.3 Å². The van der Waals surface area contributed by atoms with E-state index in [-0.39, 0.29) is 32.0 Å². The average molecular weight is 731 g/mol. The molecule has 0 spiro atoms. The van der Waals surface area contributed by atoms with E-state index in [9.17, 15) is 19.4 Å². The van der Waals surface area contributed by atoms with Gasteiger partial charge >= 0.3 is 20.1 Å². The molecule has 0 amide bonds. The number of carbonyl (C=O) groups excluding carboxylic acids is 2. The SMILES string of the molecule is CCC/C=C/C/C=C/CCCCCCCC(=O)OC[C@H](CO[P+]([O-])(O)OCC[N+](C)(C)C)OC(=O)CCCCCCCCCCCCCCC. The van der Waals surface area contributed by atoms with Gasteiger partial charge in [-0.15, -0.1) is 0 Å². The average Bonchev–Trinajstić information content (AvgIpc) is 3.06. The van der Waals surface area contributed by atoms with Gasteiger partial charge in [0.1, 0.15) is 26.4 Å². The van der Waals surface area contributed by atoms with Crippen LogP contribution in [0.3, 0.4) is 0 Å². The number of quaternary nitrogens is 1. The van der Waals surface area contributed by atoms with E-state index < -0.39 is 26.9 Å². The van der Waals surface area contributed by atoms with Crippen molar-refractivity contribution in [2.75, 3.05) is 47.5 Å². The van der Waals surface area contributed by atoms with Gasteiger partial charge in [-0.3, -0.25) is 9.59 Å². The molecule has 2 atom stereocenters. The lowest BCUT2D eigenvalue weighted by Gasteiger charge is -2.26. The lowest BCUT2D eigenvalue weighted by Crippen LogP contribution is -2.38. The van der Waals surface area contributed by atoms with E-state index in [1.807, 2.05) is 21.1 Å². The lowest BCUT2D eigenvalue weighted by atomic mass is 10.0. The summed E-state index contributed by atoms with van der Waals surface area (Å²) in [5.74, 6) is -0.813. The van der Waals surface area contributed by atoms with Gasteiger partial charge in [0.25, 0.3) is 0 Å². The zero-order valence-corrected chi connectivity index (χ0v) is 33.8. The Balaban J connectivity index is 4.42. The van der Waals surface area contributed by atoms with Crippen LogP contribution >= 0.6 is 8.17 Å². The van der Waals surface area contributed by atoms with Crippen molar-refractivity contribution < 1.29 is 42.4 Å². The number of hydrogen-bond acceptors (Lipinski definition) is 8. The van der Waals surface area contributed by atoms with Gasteiger partial charge in [0.2, 0.25) is 0 Å². The molecule has 0 aliphatic carbocycles. The Hall–Kier alpha value is -1.35. The van der Waals surface area contributed by atoms with Crippen LogP contribution in [0.15, 0.2) is 24.3 Å². The van der Waals surface area contributed by atoms with Crippen molar-refractivity contribution in [3.63, 3.8) is 0 Å². The normalized spacial score (nSPS) is 14.0. The molecule has 0 aliphatic rings. The Morgan fingerprint density at radius 1 is 0.640 bits per heavy atom. The molecule has 0 aromatic rings. The van der Waals surface area contributed by atoms with Gasteiger partial charge in [-0.1, -0.05) is 141 Å². The van der Waals surface area contributed by atoms with Crippen molar-refractivity contribution in [1.82, 2.24) is 0 Å². The quantitative estimate of drug-likeness (QED) is 0.0223. The molecule has 294 valence electrons. The van der Waals surface area contributed by atoms with Crippen LogP contribution in [0.4, 0.5) is 0 Å². The molecule has 0 bridgehead atoms. The molecule has 0 rings (SSSR count). The number of ether oxygens (including phenoxy) is 2. The van der Waals surface area contributed by atoms with Gasteiger partial charge in [-0.2, -0.15) is 13.9 Å². The maximum absolute atomic E-state index is 12.6. The number of phosphoric ester groups is 1. The van der Waals surface area contributed by atoms with Crippen LogP contribution in [0.1, 0.15) is 168 Å². The zero-order valence-electron chi connectivity index (χ0n) is 32.9. The number of phosphoric acid groups is 1. The molecular formula is C40H77NO8P+. The maximum Gasteiger partial charge on any atom is 0.377 e. The first-order chi connectivity index (χ1) is 24.0. The zero-order chi connectivity index (χ0) is 37.2. The highest BCUT2D eigenvalue weighted by atomic mass is 31.2. The van der Waals surface area contributed by atoms with Gasteiger partial charge in [0.15, 0.2) is 6.10 Å². The number of unbranched alkanes of at least 4 members (excludes halogenated alkanes) is 18. The van der Waals surface area contributed by atoms with Crippen LogP contribution in [-0.2, 0) is 28.1 Å². The van der Waals surface area contributed by atoms with E-state index in [4.69, 9.17) is 18.5 Å². The summed E-state index contributed by atoms with van der Waals surface area (Å²) in [6.45, 7) is 4.33. The second kappa shape index (κ2) is 33.5. The molecule has 0 fully saturated rings. The molecule has 9 nitrogen and oxygen atoms in total. The molecule has 0 aromatic carbocycles. The number of allylic oxidation sites excluding steroid dienone is 4. The van der Waals surface area contributed by atoms with Crippen LogP contribution in [0.5, 0.6) is 0 Å². The molecule has 0 heterocycles. The summed E-state index contributed by atoms with van der Waals surface area (Å²) < 4.78 is 21.7. The highest BCUT2D eigenvalue weighted by Crippen LogP contribution is 2.47. The fourth-order valence-electron chi connectivity index (χ4n) is 5.29. The Morgan fingerprint density at radius 3 is 1.68 bits per heavy atom. The summed E-state index contributed by atoms with van der Waals surface area (Å²) in [6.07, 6.45) is 33.6. The smallest absolute Gasteiger partial charge is 0.377 e. The van der Waals surface area contributed by atoms with Gasteiger partial charge < -0.3 is 18.9 Å². The Labute approximate surface area is 307 Å². The number of nitrogens with zero attached hydrogens (tertiary/aromatic N) is 1. The van der Waals surface area contributed by atoms with E-state index in [2.05, 4.69) is 38.2 Å². The maximum atomic E-state index is 12.6. The molecule has 50 heavy (non-hydrogen) atoms. The molecule has 1 N–H and O–H groups in total. The Morgan fingerprint density at radius 2 is 1.14 bits per heavy atom. The van der Waals surface area contributed by atoms with Crippen molar-refractivity contribution in [1.29, 1.82) is 0 Å². The summed E-state index contributed by atoms with van der Waals surface area (Å²) in [7, 11) is 1.47. The topological polar surface area (TPSA) is 114 Å². The number of carbonyl (C=O) groups is 2. The number of rotatable bonds is 36. The first kappa shape index (κ1) is 48.6. The molecule has 0 saturated carbocycles. The van der Waals surface area contributed by atoms with Gasteiger partial charge in [0, 0.05) is 12.8 Å². The number of hydrogen-bond donors (Lipinski definition) is 1. The van der Waals surface area contributed by atoms with E-state index in [0.29, 0.717) is 17.4 Å². The third kappa shape index (κ3) is 36.4. The van der Waals surface area contributed by atoms with Crippen molar-refractivity contribution in [3.8, 4) is 0 Å². The summed E-state index contributed by atoms with van der Waals surface area (Å²) in [5.41, 5.74) is 0. The van der Waals surface area contributed by atoms with Gasteiger partial charge in [-0.05, 0) is 38.5 Å². The standard InChI is InChI=1S/C40H76NO8P/c1-6-8-10-12-14-16-18-20-22-24-26-28-30-32-39(42)46-36-38(37-48-50(44,45)47-35-34-41(3,4)5)49-40(43)33-31-29-27-25-23-21-19-17-15-13-11-9-7-2/h10,12,16,18,38H,6-9,11,13-15,17,19-37H2,1-5H3/p+1/b12-10+,18-16+/t38-/m1/s1. The summed E-state index contributed by atoms with van der Waals surface area (Å²) in [5, 5.41) is 0. The fourth-order valence-corrected chi connectivity index (χ4v) is 6.03. The molecule has 1 unspecified atom stereocenters. The van der Waals surface area contributed by atoms with E-state index in [1.165, 1.54) is 70.6 Å². The minimum absolute atomic E-state index is 0.0309. The minimum Gasteiger partial charge on any atom is -0.606 e. The highest BCUT2D eigenvalue weighted by Gasteiger charge is 2.31. The minimum atomic E-state index is -4.37. The predicted octanol–water partition coefficient (Wildman–Crippen LogP) is 9.73. The first-order valence-electron chi connectivity index (χ1n) is 20.1. The summed E-state index contributed by atoms with van der Waals surface area (Å²) in [4.78, 5) is 47.6. The number of likely N-dealkylation sites (N-methyl/N-ethyl adjacent to an activating group) is 1. The van der Waals surface area contributed by atoms with Crippen LogP contribution < -0.4 is 4.89 Å². The van der Waals surface area contributed by atoms with Crippen LogP contribution in [0.25, 0.3) is 0 Å². The molecular weight excluding hydrogens is 653 g/mol. The van der Waals surface area contributed by atoms with E-state index in [0.717, 1.165) is 64.2 Å². The highest BCUT2D eigenvalue weighted by molar-refractivity contribution is 7.52. The largest absolute Gasteiger partial charge is 0.606 e. The van der Waals surface area contributed by atoms with Crippen molar-refractivity contribution in [2.45, 2.75) is 174 Å². The van der Waals surface area contributed by atoms with Crippen LogP contribution in [0, 0.1) is 0 Å². The van der Waals surface area contributed by atoms with E-state index >= 15 is 0 Å². The number of esters is 2. The van der Waals surface area contributed by atoms with Gasteiger partial charge in [0.05, 0.1) is 21.1 Å². The monoisotopic (exact) mass is 731 g/mol.